The number of aromatic nitrogens is 3. The van der Waals surface area contributed by atoms with Gasteiger partial charge in [0.25, 0.3) is 5.56 Å². The van der Waals surface area contributed by atoms with Crippen LogP contribution in [0.1, 0.15) is 5.56 Å². The van der Waals surface area contributed by atoms with E-state index >= 15 is 0 Å². The molecule has 0 aliphatic carbocycles. The van der Waals surface area contributed by atoms with Gasteiger partial charge in [-0.15, -0.1) is 0 Å². The molecule has 0 atom stereocenters. The molecule has 3 rings (SSSR count). The van der Waals surface area contributed by atoms with E-state index in [1.807, 2.05) is 13.0 Å². The number of rotatable bonds is 6. The monoisotopic (exact) mass is 398 g/mol. The minimum Gasteiger partial charge on any atom is -0.468 e. The number of ether oxygens (including phenoxy) is 1. The van der Waals surface area contributed by atoms with E-state index in [9.17, 15) is 14.4 Å². The standard InChI is InChI=1S/C19H18N4O4S/c1-12-6-5-9-20-17(12)23-18(26)13-7-3-4-8-14(13)22-19(23)28-11-15(24)21-10-16(25)27-2/h3-9H,10-11H2,1-2H3,(H,21,24). The van der Waals surface area contributed by atoms with Crippen molar-refractivity contribution < 1.29 is 14.3 Å². The zero-order valence-electron chi connectivity index (χ0n) is 15.3. The van der Waals surface area contributed by atoms with Crippen LogP contribution >= 0.6 is 11.8 Å². The molecule has 0 saturated heterocycles. The molecule has 1 aromatic carbocycles. The minimum absolute atomic E-state index is 0.0202. The zero-order chi connectivity index (χ0) is 20.1. The maximum Gasteiger partial charge on any atom is 0.325 e. The fourth-order valence-electron chi connectivity index (χ4n) is 2.53. The molecule has 2 heterocycles. The molecule has 9 heteroatoms. The first-order valence-corrected chi connectivity index (χ1v) is 9.40. The highest BCUT2D eigenvalue weighted by Gasteiger charge is 2.17. The number of hydrogen-bond acceptors (Lipinski definition) is 7. The number of nitrogens with zero attached hydrogens (tertiary/aromatic N) is 3. The summed E-state index contributed by atoms with van der Waals surface area (Å²) >= 11 is 1.09. The van der Waals surface area contributed by atoms with E-state index in [0.717, 1.165) is 17.3 Å². The summed E-state index contributed by atoms with van der Waals surface area (Å²) in [5.41, 5.74) is 1.08. The van der Waals surface area contributed by atoms with Crippen molar-refractivity contribution in [3.05, 3.63) is 58.5 Å². The summed E-state index contributed by atoms with van der Waals surface area (Å²) in [4.78, 5) is 45.2. The Hall–Kier alpha value is -3.20. The average molecular weight is 398 g/mol. The Labute approximate surface area is 164 Å². The average Bonchev–Trinajstić information content (AvgIpc) is 2.71. The van der Waals surface area contributed by atoms with Gasteiger partial charge in [-0.05, 0) is 30.7 Å². The third-order valence-electron chi connectivity index (χ3n) is 3.93. The van der Waals surface area contributed by atoms with Gasteiger partial charge in [-0.1, -0.05) is 30.0 Å². The fourth-order valence-corrected chi connectivity index (χ4v) is 3.36. The second kappa shape index (κ2) is 8.66. The van der Waals surface area contributed by atoms with Gasteiger partial charge in [-0.25, -0.2) is 14.5 Å². The second-order valence-electron chi connectivity index (χ2n) is 5.84. The lowest BCUT2D eigenvalue weighted by molar-refractivity contribution is -0.140. The Morgan fingerprint density at radius 3 is 2.75 bits per heavy atom. The summed E-state index contributed by atoms with van der Waals surface area (Å²) in [7, 11) is 1.25. The first-order valence-electron chi connectivity index (χ1n) is 8.41. The maximum atomic E-state index is 13.1. The van der Waals surface area contributed by atoms with Crippen molar-refractivity contribution in [2.45, 2.75) is 12.1 Å². The number of fused-ring (bicyclic) bond motifs is 1. The Balaban J connectivity index is 1.98. The number of hydrogen-bond donors (Lipinski definition) is 1. The van der Waals surface area contributed by atoms with Gasteiger partial charge in [-0.2, -0.15) is 0 Å². The molecule has 0 radical (unpaired) electrons. The van der Waals surface area contributed by atoms with E-state index < -0.39 is 5.97 Å². The van der Waals surface area contributed by atoms with Crippen LogP contribution in [-0.4, -0.2) is 45.8 Å². The molecule has 0 aliphatic heterocycles. The number of aryl methyl sites for hydroxylation is 1. The van der Waals surface area contributed by atoms with Gasteiger partial charge in [0.05, 0.1) is 23.8 Å². The number of methoxy groups -OCH3 is 1. The number of amides is 1. The first-order chi connectivity index (χ1) is 13.5. The van der Waals surface area contributed by atoms with Gasteiger partial charge in [0.2, 0.25) is 5.91 Å². The van der Waals surface area contributed by atoms with E-state index in [2.05, 4.69) is 20.0 Å². The fraction of sp³-hybridized carbons (Fsp3) is 0.211. The molecule has 144 valence electrons. The molecule has 0 spiro atoms. The first kappa shape index (κ1) is 19.6. The third-order valence-corrected chi connectivity index (χ3v) is 4.87. The van der Waals surface area contributed by atoms with Crippen LogP contribution < -0.4 is 10.9 Å². The van der Waals surface area contributed by atoms with Crippen LogP contribution in [-0.2, 0) is 14.3 Å². The van der Waals surface area contributed by atoms with Gasteiger partial charge in [-0.3, -0.25) is 14.4 Å². The lowest BCUT2D eigenvalue weighted by atomic mass is 10.2. The van der Waals surface area contributed by atoms with Crippen LogP contribution in [0.3, 0.4) is 0 Å². The number of benzene rings is 1. The molecule has 3 aromatic rings. The van der Waals surface area contributed by atoms with Gasteiger partial charge in [0.15, 0.2) is 5.16 Å². The van der Waals surface area contributed by atoms with E-state index in [-0.39, 0.29) is 23.8 Å². The Kier molecular flexibility index (Phi) is 6.05. The van der Waals surface area contributed by atoms with Crippen molar-refractivity contribution in [3.63, 3.8) is 0 Å². The molecule has 0 unspecified atom stereocenters. The number of carbonyl (C=O) groups is 2. The third kappa shape index (κ3) is 4.20. The van der Waals surface area contributed by atoms with Gasteiger partial charge < -0.3 is 10.1 Å². The van der Waals surface area contributed by atoms with Crippen LogP contribution in [0.4, 0.5) is 0 Å². The normalized spacial score (nSPS) is 10.6. The number of carbonyl (C=O) groups excluding carboxylic acids is 2. The predicted octanol–water partition coefficient (Wildman–Crippen LogP) is 1.47. The quantitative estimate of drug-likeness (QED) is 0.381. The van der Waals surface area contributed by atoms with Crippen molar-refractivity contribution in [2.24, 2.45) is 0 Å². The van der Waals surface area contributed by atoms with Gasteiger partial charge in [0.1, 0.15) is 12.4 Å². The van der Waals surface area contributed by atoms with Crippen LogP contribution in [0.5, 0.6) is 0 Å². The number of para-hydroxylation sites is 1. The molecule has 8 nitrogen and oxygen atoms in total. The summed E-state index contributed by atoms with van der Waals surface area (Å²) in [6.07, 6.45) is 1.60. The molecular formula is C19H18N4O4S. The molecular weight excluding hydrogens is 380 g/mol. The molecule has 2 aromatic heterocycles. The lowest BCUT2D eigenvalue weighted by Gasteiger charge is -2.14. The Morgan fingerprint density at radius 1 is 1.21 bits per heavy atom. The second-order valence-corrected chi connectivity index (χ2v) is 6.78. The van der Waals surface area contributed by atoms with E-state index in [1.54, 1.807) is 36.5 Å². The van der Waals surface area contributed by atoms with Crippen LogP contribution in [0, 0.1) is 6.92 Å². The van der Waals surface area contributed by atoms with Crippen molar-refractivity contribution in [1.29, 1.82) is 0 Å². The van der Waals surface area contributed by atoms with Gasteiger partial charge >= 0.3 is 5.97 Å². The van der Waals surface area contributed by atoms with Gasteiger partial charge in [0, 0.05) is 6.20 Å². The maximum absolute atomic E-state index is 13.1. The Morgan fingerprint density at radius 2 is 2.00 bits per heavy atom. The van der Waals surface area contributed by atoms with E-state index in [0.29, 0.717) is 21.9 Å². The van der Waals surface area contributed by atoms with Crippen molar-refractivity contribution in [3.8, 4) is 5.82 Å². The number of nitrogens with one attached hydrogen (secondary N) is 1. The summed E-state index contributed by atoms with van der Waals surface area (Å²) < 4.78 is 5.90. The topological polar surface area (TPSA) is 103 Å². The molecule has 0 bridgehead atoms. The molecule has 0 saturated carbocycles. The van der Waals surface area contributed by atoms with Crippen molar-refractivity contribution in [1.82, 2.24) is 19.9 Å². The van der Waals surface area contributed by atoms with E-state index in [1.165, 1.54) is 11.7 Å². The molecule has 1 amide bonds. The highest BCUT2D eigenvalue weighted by atomic mass is 32.2. The zero-order valence-corrected chi connectivity index (χ0v) is 16.2. The summed E-state index contributed by atoms with van der Waals surface area (Å²) in [5.74, 6) is -0.471. The largest absolute Gasteiger partial charge is 0.468 e. The molecule has 0 aliphatic rings. The smallest absolute Gasteiger partial charge is 0.325 e. The van der Waals surface area contributed by atoms with E-state index in [4.69, 9.17) is 0 Å². The van der Waals surface area contributed by atoms with Crippen molar-refractivity contribution >= 4 is 34.5 Å². The predicted molar refractivity (Wildman–Crippen MR) is 106 cm³/mol. The summed E-state index contributed by atoms with van der Waals surface area (Å²) in [5, 5.41) is 3.27. The van der Waals surface area contributed by atoms with Crippen LogP contribution in [0.2, 0.25) is 0 Å². The van der Waals surface area contributed by atoms with Crippen LogP contribution in [0.15, 0.2) is 52.5 Å². The summed E-state index contributed by atoms with van der Waals surface area (Å²) in [6.45, 7) is 1.63. The SMILES string of the molecule is COC(=O)CNC(=O)CSc1nc2ccccc2c(=O)n1-c1ncccc1C. The lowest BCUT2D eigenvalue weighted by Crippen LogP contribution is -2.31. The molecule has 0 fully saturated rings. The number of thioether (sulfide) groups is 1. The van der Waals surface area contributed by atoms with Crippen LogP contribution in [0.25, 0.3) is 16.7 Å². The van der Waals surface area contributed by atoms with Crippen molar-refractivity contribution in [2.75, 3.05) is 19.4 Å². The molecule has 1 N–H and O–H groups in total. The Bertz CT molecular complexity index is 1100. The highest BCUT2D eigenvalue weighted by molar-refractivity contribution is 7.99. The number of esters is 1. The highest BCUT2D eigenvalue weighted by Crippen LogP contribution is 2.21. The number of pyridine rings is 1. The molecule has 28 heavy (non-hydrogen) atoms. The minimum atomic E-state index is -0.539. The summed E-state index contributed by atoms with van der Waals surface area (Å²) in [6, 6.07) is 10.6.